The van der Waals surface area contributed by atoms with Gasteiger partial charge in [-0.3, -0.25) is 14.3 Å². The van der Waals surface area contributed by atoms with E-state index in [1.165, 1.54) is 17.0 Å². The first-order valence-electron chi connectivity index (χ1n) is 12.0. The summed E-state index contributed by atoms with van der Waals surface area (Å²) in [6.45, 7) is 1.22. The van der Waals surface area contributed by atoms with Gasteiger partial charge in [-0.05, 0) is 53.5 Å². The topological polar surface area (TPSA) is 103 Å². The van der Waals surface area contributed by atoms with Crippen LogP contribution in [0.3, 0.4) is 0 Å². The standard InChI is InChI=1S/C30H30N2O6/c1-21-17-32(29(35)31-28(21)34)18-22(19-33)20-38-30(23-7-5-4-6-8-23,24-9-13-26(36-2)14-10-24)25-11-15-27(37-3)16-12-25/h4-18,33H,19-20H2,1-3H3,(H,31,34,35)/b22-18+. The minimum absolute atomic E-state index is 0.0198. The number of nitrogens with zero attached hydrogens (tertiary/aromatic N) is 1. The third-order valence-electron chi connectivity index (χ3n) is 6.32. The summed E-state index contributed by atoms with van der Waals surface area (Å²) >= 11 is 0. The quantitative estimate of drug-likeness (QED) is 0.313. The van der Waals surface area contributed by atoms with Crippen LogP contribution in [0.4, 0.5) is 0 Å². The number of aryl methyl sites for hydroxylation is 1. The molecule has 8 nitrogen and oxygen atoms in total. The van der Waals surface area contributed by atoms with Gasteiger partial charge in [0.25, 0.3) is 5.56 Å². The molecule has 0 radical (unpaired) electrons. The van der Waals surface area contributed by atoms with Crippen LogP contribution in [0.15, 0.2) is 100 Å². The fourth-order valence-electron chi connectivity index (χ4n) is 4.28. The van der Waals surface area contributed by atoms with Gasteiger partial charge in [0.2, 0.25) is 0 Å². The second-order valence-electron chi connectivity index (χ2n) is 8.72. The summed E-state index contributed by atoms with van der Waals surface area (Å²) in [6.07, 6.45) is 2.90. The Hall–Kier alpha value is -4.40. The zero-order valence-electron chi connectivity index (χ0n) is 21.5. The number of aliphatic hydroxyl groups excluding tert-OH is 1. The van der Waals surface area contributed by atoms with E-state index in [-0.39, 0.29) is 13.2 Å². The van der Waals surface area contributed by atoms with Crippen molar-refractivity contribution in [2.45, 2.75) is 12.5 Å². The van der Waals surface area contributed by atoms with E-state index in [0.29, 0.717) is 22.6 Å². The Morgan fingerprint density at radius 1 is 0.868 bits per heavy atom. The molecule has 8 heteroatoms. The van der Waals surface area contributed by atoms with Crippen LogP contribution in [0.1, 0.15) is 22.3 Å². The van der Waals surface area contributed by atoms with E-state index in [1.807, 2.05) is 78.9 Å². The Morgan fingerprint density at radius 2 is 1.39 bits per heavy atom. The fraction of sp³-hybridized carbons (Fsp3) is 0.200. The van der Waals surface area contributed by atoms with E-state index >= 15 is 0 Å². The first kappa shape index (κ1) is 26.7. The molecule has 38 heavy (non-hydrogen) atoms. The van der Waals surface area contributed by atoms with Gasteiger partial charge in [0.1, 0.15) is 17.1 Å². The van der Waals surface area contributed by atoms with Crippen molar-refractivity contribution in [3.05, 3.63) is 134 Å². The lowest BCUT2D eigenvalue weighted by molar-refractivity contribution is 0.0246. The van der Waals surface area contributed by atoms with Gasteiger partial charge in [-0.2, -0.15) is 0 Å². The van der Waals surface area contributed by atoms with Gasteiger partial charge in [-0.1, -0.05) is 54.6 Å². The van der Waals surface area contributed by atoms with Crippen molar-refractivity contribution in [1.29, 1.82) is 0 Å². The number of nitrogens with one attached hydrogen (secondary N) is 1. The summed E-state index contributed by atoms with van der Waals surface area (Å²) in [7, 11) is 3.22. The predicted molar refractivity (Wildman–Crippen MR) is 146 cm³/mol. The van der Waals surface area contributed by atoms with Gasteiger partial charge < -0.3 is 19.3 Å². The maximum atomic E-state index is 12.3. The SMILES string of the molecule is COc1ccc(C(OC/C(=C/n2cc(C)c(=O)[nH]c2=O)CO)(c2ccccc2)c2ccc(OC)cc2)cc1. The number of ether oxygens (including phenoxy) is 3. The summed E-state index contributed by atoms with van der Waals surface area (Å²) in [5, 5.41) is 10.2. The van der Waals surface area contributed by atoms with E-state index in [1.54, 1.807) is 21.1 Å². The van der Waals surface area contributed by atoms with Crippen LogP contribution in [-0.4, -0.2) is 42.1 Å². The molecule has 0 saturated heterocycles. The number of hydrogen-bond acceptors (Lipinski definition) is 6. The third-order valence-corrected chi connectivity index (χ3v) is 6.32. The lowest BCUT2D eigenvalue weighted by atomic mass is 9.80. The first-order valence-corrected chi connectivity index (χ1v) is 12.0. The summed E-state index contributed by atoms with van der Waals surface area (Å²) in [5.41, 5.74) is 1.20. The molecular formula is C30H30N2O6. The average molecular weight is 515 g/mol. The van der Waals surface area contributed by atoms with E-state index in [0.717, 1.165) is 16.7 Å². The Bertz CT molecular complexity index is 1460. The number of hydrogen-bond donors (Lipinski definition) is 2. The Labute approximate surface area is 220 Å². The van der Waals surface area contributed by atoms with Crippen molar-refractivity contribution in [3.63, 3.8) is 0 Å². The van der Waals surface area contributed by atoms with E-state index < -0.39 is 16.9 Å². The molecule has 0 atom stereocenters. The van der Waals surface area contributed by atoms with Gasteiger partial charge in [0.15, 0.2) is 0 Å². The maximum Gasteiger partial charge on any atom is 0.332 e. The molecule has 0 spiro atoms. The zero-order chi connectivity index (χ0) is 27.1. The molecule has 0 aliphatic carbocycles. The van der Waals surface area contributed by atoms with Gasteiger partial charge in [0.05, 0.1) is 27.4 Å². The van der Waals surface area contributed by atoms with Crippen LogP contribution in [0.25, 0.3) is 6.20 Å². The smallest absolute Gasteiger partial charge is 0.332 e. The molecule has 2 N–H and O–H groups in total. The van der Waals surface area contributed by atoms with Crippen molar-refractivity contribution < 1.29 is 19.3 Å². The molecule has 1 aromatic heterocycles. The van der Waals surface area contributed by atoms with Crippen LogP contribution < -0.4 is 20.7 Å². The van der Waals surface area contributed by atoms with Gasteiger partial charge in [-0.25, -0.2) is 4.79 Å². The zero-order valence-corrected chi connectivity index (χ0v) is 21.5. The molecule has 0 unspecified atom stereocenters. The molecule has 0 aliphatic rings. The van der Waals surface area contributed by atoms with Crippen molar-refractivity contribution in [2.24, 2.45) is 0 Å². The van der Waals surface area contributed by atoms with Gasteiger partial charge in [0, 0.05) is 18.0 Å². The molecule has 196 valence electrons. The molecule has 0 aliphatic heterocycles. The van der Waals surface area contributed by atoms with E-state index in [9.17, 15) is 14.7 Å². The fourth-order valence-corrected chi connectivity index (χ4v) is 4.28. The number of benzene rings is 3. The van der Waals surface area contributed by atoms with Crippen molar-refractivity contribution in [3.8, 4) is 11.5 Å². The normalized spacial score (nSPS) is 11.8. The van der Waals surface area contributed by atoms with Gasteiger partial charge >= 0.3 is 5.69 Å². The minimum Gasteiger partial charge on any atom is -0.497 e. The number of aromatic amines is 1. The van der Waals surface area contributed by atoms with Crippen LogP contribution in [0.5, 0.6) is 11.5 Å². The van der Waals surface area contributed by atoms with Gasteiger partial charge in [-0.15, -0.1) is 0 Å². The van der Waals surface area contributed by atoms with Crippen LogP contribution in [0.2, 0.25) is 0 Å². The van der Waals surface area contributed by atoms with Crippen molar-refractivity contribution in [2.75, 3.05) is 27.4 Å². The number of H-pyrrole nitrogens is 1. The summed E-state index contributed by atoms with van der Waals surface area (Å²) in [4.78, 5) is 26.4. The molecule has 4 rings (SSSR count). The highest BCUT2D eigenvalue weighted by molar-refractivity contribution is 5.50. The second kappa shape index (κ2) is 11.8. The molecular weight excluding hydrogens is 484 g/mol. The molecule has 3 aromatic carbocycles. The number of aromatic nitrogens is 2. The lowest BCUT2D eigenvalue weighted by Crippen LogP contribution is -2.34. The minimum atomic E-state index is -1.08. The van der Waals surface area contributed by atoms with E-state index in [2.05, 4.69) is 4.98 Å². The van der Waals surface area contributed by atoms with Crippen LogP contribution >= 0.6 is 0 Å². The third kappa shape index (κ3) is 5.46. The average Bonchev–Trinajstić information content (AvgIpc) is 2.96. The molecule has 0 saturated carbocycles. The van der Waals surface area contributed by atoms with Crippen molar-refractivity contribution >= 4 is 6.20 Å². The molecule has 4 aromatic rings. The Morgan fingerprint density at radius 3 is 1.89 bits per heavy atom. The number of methoxy groups -OCH3 is 2. The van der Waals surface area contributed by atoms with E-state index in [4.69, 9.17) is 14.2 Å². The largest absolute Gasteiger partial charge is 0.497 e. The maximum absolute atomic E-state index is 12.3. The number of rotatable bonds is 10. The van der Waals surface area contributed by atoms with Crippen LogP contribution in [0, 0.1) is 6.92 Å². The molecule has 0 amide bonds. The monoisotopic (exact) mass is 514 g/mol. The summed E-state index contributed by atoms with van der Waals surface area (Å²) in [6, 6.07) is 25.0. The lowest BCUT2D eigenvalue weighted by Gasteiger charge is -2.36. The highest BCUT2D eigenvalue weighted by atomic mass is 16.5. The van der Waals surface area contributed by atoms with Crippen molar-refractivity contribution in [1.82, 2.24) is 9.55 Å². The predicted octanol–water partition coefficient (Wildman–Crippen LogP) is 3.70. The number of aliphatic hydroxyl groups is 1. The Kier molecular flexibility index (Phi) is 8.25. The highest BCUT2D eigenvalue weighted by Crippen LogP contribution is 2.42. The molecule has 0 fully saturated rings. The molecule has 0 bridgehead atoms. The Balaban J connectivity index is 1.86. The summed E-state index contributed by atoms with van der Waals surface area (Å²) < 4.78 is 18.7. The second-order valence-corrected chi connectivity index (χ2v) is 8.72. The van der Waals surface area contributed by atoms with Crippen LogP contribution in [-0.2, 0) is 10.3 Å². The highest BCUT2D eigenvalue weighted by Gasteiger charge is 2.38. The first-order chi connectivity index (χ1) is 18.4. The summed E-state index contributed by atoms with van der Waals surface area (Å²) in [5.74, 6) is 1.41. The molecule has 1 heterocycles.